The zero-order valence-corrected chi connectivity index (χ0v) is 44.8. The average Bonchev–Trinajstić information content (AvgIpc) is 3.91. The molecule has 0 atom stereocenters. The van der Waals surface area contributed by atoms with Crippen LogP contribution in [0.3, 0.4) is 0 Å². The zero-order chi connectivity index (χ0) is 52.1. The molecule has 10 rings (SSSR count). The molecule has 2 aliphatic rings. The summed E-state index contributed by atoms with van der Waals surface area (Å²) in [7, 11) is 6.07. The number of aromatic hydroxyl groups is 1. The van der Waals surface area contributed by atoms with E-state index < -0.39 is 16.9 Å². The second-order valence-corrected chi connectivity index (χ2v) is 19.8. The van der Waals surface area contributed by atoms with Crippen LogP contribution < -0.4 is 27.2 Å². The summed E-state index contributed by atoms with van der Waals surface area (Å²) in [5.41, 5.74) is 3.32. The highest BCUT2D eigenvalue weighted by atomic mass is 79.9. The molecule has 0 spiro atoms. The molecule has 0 saturated carbocycles. The Kier molecular flexibility index (Phi) is 17.3. The highest BCUT2D eigenvalue weighted by molar-refractivity contribution is 9.10. The monoisotopic (exact) mass is 1140 g/mol. The van der Waals surface area contributed by atoms with Crippen molar-refractivity contribution in [1.29, 1.82) is 0 Å². The largest absolute Gasteiger partial charge is 0.508 e. The molecule has 0 aliphatic carbocycles. The Morgan fingerprint density at radius 2 is 1.00 bits per heavy atom. The smallest absolute Gasteiger partial charge is 0.332 e. The van der Waals surface area contributed by atoms with Gasteiger partial charge in [0, 0.05) is 87.5 Å². The predicted octanol–water partition coefficient (Wildman–Crippen LogP) is 7.19. The van der Waals surface area contributed by atoms with Gasteiger partial charge in [-0.25, -0.2) is 14.6 Å². The number of nitrogens with zero attached hydrogens (tertiary/aromatic N) is 10. The molecule has 4 aromatic heterocycles. The van der Waals surface area contributed by atoms with Crippen LogP contribution in [0.1, 0.15) is 22.3 Å². The molecule has 2 aliphatic heterocycles. The fraction of sp³-hybridized carbons (Fsp3) is 0.320. The van der Waals surface area contributed by atoms with E-state index in [9.17, 15) is 24.3 Å². The number of phenols is 1. The van der Waals surface area contributed by atoms with Gasteiger partial charge in [-0.05, 0) is 98.8 Å². The number of imidazole rings is 2. The summed E-state index contributed by atoms with van der Waals surface area (Å²) in [5.74, 6) is 0.791. The molecule has 1 N–H and O–H groups in total. The first kappa shape index (κ1) is 53.5. The Labute approximate surface area is 446 Å². The van der Waals surface area contributed by atoms with Gasteiger partial charge in [-0.2, -0.15) is 4.98 Å². The van der Waals surface area contributed by atoms with Gasteiger partial charge in [-0.1, -0.05) is 70.7 Å². The Bertz CT molecular complexity index is 3530. The number of aryl methyl sites for hydroxylation is 2. The maximum atomic E-state index is 13.1. The van der Waals surface area contributed by atoms with Gasteiger partial charge in [0.05, 0.1) is 39.5 Å². The van der Waals surface area contributed by atoms with Crippen LogP contribution in [0.15, 0.2) is 109 Å². The summed E-state index contributed by atoms with van der Waals surface area (Å²) in [6.07, 6.45) is 0. The van der Waals surface area contributed by atoms with Gasteiger partial charge >= 0.3 is 17.4 Å². The SMILES string of the molecule is Cn1c(=O)c2c(nc(Br)n2Cc2ccc(Cl)cc2)n(C)c1=O.Cn1c(=O)c2c(nc(Oc3ccc(Cl)c(CN4CCOCC4)c3)n2Cc2ccc(Cl)cc2)n(C)c1=O.Oc1ccc(Cl)c(CN2CCOCC2)c1. The topological polar surface area (TPSA) is 178 Å². The van der Waals surface area contributed by atoms with E-state index in [0.717, 1.165) is 77.3 Å². The lowest BCUT2D eigenvalue weighted by Crippen LogP contribution is -2.37. The quantitative estimate of drug-likeness (QED) is 0.137. The molecule has 2 saturated heterocycles. The first-order valence-corrected chi connectivity index (χ1v) is 25.3. The van der Waals surface area contributed by atoms with E-state index in [4.69, 9.17) is 60.6 Å². The van der Waals surface area contributed by atoms with Crippen molar-refractivity contribution < 1.29 is 19.3 Å². The van der Waals surface area contributed by atoms with Crippen LogP contribution in [0, 0.1) is 0 Å². The lowest BCUT2D eigenvalue weighted by Gasteiger charge is -2.27. The average molecular weight is 1140 g/mol. The summed E-state index contributed by atoms with van der Waals surface area (Å²) in [4.78, 5) is 63.5. The lowest BCUT2D eigenvalue weighted by molar-refractivity contribution is 0.0341. The number of aromatic nitrogens is 8. The number of rotatable bonds is 10. The summed E-state index contributed by atoms with van der Waals surface area (Å²) < 4.78 is 25.7. The molecule has 0 bridgehead atoms. The molecule has 73 heavy (non-hydrogen) atoms. The summed E-state index contributed by atoms with van der Waals surface area (Å²) in [6.45, 7) is 8.61. The van der Waals surface area contributed by atoms with Gasteiger partial charge in [-0.3, -0.25) is 42.2 Å². The van der Waals surface area contributed by atoms with Gasteiger partial charge in [0.2, 0.25) is 0 Å². The molecule has 18 nitrogen and oxygen atoms in total. The Morgan fingerprint density at radius 1 is 0.562 bits per heavy atom. The second kappa shape index (κ2) is 23.6. The van der Waals surface area contributed by atoms with Crippen molar-refractivity contribution in [2.45, 2.75) is 26.2 Å². The van der Waals surface area contributed by atoms with Gasteiger partial charge in [0.1, 0.15) is 11.5 Å². The number of halogens is 5. The Balaban J connectivity index is 0.000000162. The number of ether oxygens (including phenoxy) is 3. The highest BCUT2D eigenvalue weighted by Crippen LogP contribution is 2.30. The number of hydrogen-bond donors (Lipinski definition) is 1. The van der Waals surface area contributed by atoms with E-state index in [0.29, 0.717) is 74.6 Å². The molecule has 0 radical (unpaired) electrons. The minimum Gasteiger partial charge on any atom is -0.508 e. The zero-order valence-electron chi connectivity index (χ0n) is 40.2. The molecule has 0 amide bonds. The van der Waals surface area contributed by atoms with E-state index in [2.05, 4.69) is 35.7 Å². The number of phenolic OH excluding ortho intramolecular Hbond substituents is 1. The van der Waals surface area contributed by atoms with Crippen molar-refractivity contribution in [3.8, 4) is 17.5 Å². The third-order valence-corrected chi connectivity index (χ3v) is 14.2. The van der Waals surface area contributed by atoms with Crippen molar-refractivity contribution in [3.05, 3.63) is 174 Å². The van der Waals surface area contributed by atoms with Gasteiger partial charge in [0.25, 0.3) is 11.1 Å². The van der Waals surface area contributed by atoms with E-state index in [1.54, 1.807) is 77.8 Å². The predicted molar refractivity (Wildman–Crippen MR) is 286 cm³/mol. The van der Waals surface area contributed by atoms with Crippen molar-refractivity contribution in [2.24, 2.45) is 28.2 Å². The third kappa shape index (κ3) is 12.4. The van der Waals surface area contributed by atoms with Gasteiger partial charge < -0.3 is 23.9 Å². The van der Waals surface area contributed by atoms with E-state index in [-0.39, 0.29) is 28.5 Å². The molecular formula is C50H51BrCl4N10O8. The Morgan fingerprint density at radius 3 is 1.51 bits per heavy atom. The van der Waals surface area contributed by atoms with Crippen LogP contribution >= 0.6 is 62.3 Å². The van der Waals surface area contributed by atoms with Gasteiger partial charge in [-0.15, -0.1) is 0 Å². The first-order valence-electron chi connectivity index (χ1n) is 23.0. The number of hydrogen-bond acceptors (Lipinski definition) is 12. The highest BCUT2D eigenvalue weighted by Gasteiger charge is 2.23. The van der Waals surface area contributed by atoms with Crippen molar-refractivity contribution in [2.75, 3.05) is 52.6 Å². The fourth-order valence-corrected chi connectivity index (χ4v) is 9.36. The number of morpholine rings is 2. The summed E-state index contributed by atoms with van der Waals surface area (Å²) in [5, 5.41) is 12.0. The minimum absolute atomic E-state index is 0.192. The second-order valence-electron chi connectivity index (χ2n) is 17.4. The van der Waals surface area contributed by atoms with Crippen LogP contribution in [-0.4, -0.2) is 105 Å². The molecule has 384 valence electrons. The minimum atomic E-state index is -0.463. The molecule has 4 aromatic carbocycles. The van der Waals surface area contributed by atoms with E-state index in [1.165, 1.54) is 23.2 Å². The standard InChI is InChI=1S/C25H25Cl2N5O4.C14H12BrClN4O2.C11H14ClNO2/c1-29-22-21(23(33)30(2)25(29)34)32(14-16-3-5-18(26)6-4-16)24(28-22)36-19-7-8-20(27)17(13-19)15-31-9-11-35-12-10-31;1-18-11-10(12(21)19(2)14(18)22)20(13(15)17-11)7-8-3-5-9(16)6-4-8;12-11-2-1-10(14)7-9(11)8-13-3-5-15-6-4-13/h3-8,13H,9-12,14-15H2,1-2H3;3-6H,7H2,1-2H3;1-2,7,14H,3-6,8H2. The molecule has 6 heterocycles. The molecule has 23 heteroatoms. The number of fused-ring (bicyclic) bond motifs is 2. The lowest BCUT2D eigenvalue weighted by atomic mass is 10.2. The normalized spacial score (nSPS) is 14.2. The Hall–Kier alpha value is -5.74. The first-order chi connectivity index (χ1) is 35.0. The van der Waals surface area contributed by atoms with Crippen LogP contribution in [0.25, 0.3) is 22.3 Å². The van der Waals surface area contributed by atoms with Crippen LogP contribution in [0.4, 0.5) is 0 Å². The van der Waals surface area contributed by atoms with Crippen LogP contribution in [0.2, 0.25) is 20.1 Å². The van der Waals surface area contributed by atoms with Crippen LogP contribution in [-0.2, 0) is 63.8 Å². The summed E-state index contributed by atoms with van der Waals surface area (Å²) in [6, 6.07) is 25.3. The molecule has 0 unspecified atom stereocenters. The maximum Gasteiger partial charge on any atom is 0.332 e. The fourth-order valence-electron chi connectivity index (χ4n) is 8.28. The van der Waals surface area contributed by atoms with Crippen molar-refractivity contribution in [3.63, 3.8) is 0 Å². The van der Waals surface area contributed by atoms with E-state index >= 15 is 0 Å². The van der Waals surface area contributed by atoms with Crippen molar-refractivity contribution in [1.82, 2.24) is 47.2 Å². The molecule has 2 fully saturated rings. The summed E-state index contributed by atoms with van der Waals surface area (Å²) >= 11 is 27.8. The third-order valence-electron chi connectivity index (χ3n) is 12.4. The van der Waals surface area contributed by atoms with Gasteiger partial charge in [0.15, 0.2) is 27.1 Å². The van der Waals surface area contributed by atoms with Crippen molar-refractivity contribution >= 4 is 84.7 Å². The maximum absolute atomic E-state index is 13.1. The molecule has 8 aromatic rings. The van der Waals surface area contributed by atoms with Crippen LogP contribution in [0.5, 0.6) is 17.5 Å². The number of benzene rings is 4. The van der Waals surface area contributed by atoms with E-state index in [1.807, 2.05) is 30.3 Å². The molecular weight excluding hydrogens is 1090 g/mol.